The molecule has 0 aliphatic carbocycles. The molecule has 0 atom stereocenters. The number of nitrogens with one attached hydrogen (secondary N) is 1. The predicted molar refractivity (Wildman–Crippen MR) is 80.3 cm³/mol. The number of hydrogen-bond acceptors (Lipinski definition) is 4. The lowest BCUT2D eigenvalue weighted by Gasteiger charge is -2.07. The molecule has 6 nitrogen and oxygen atoms in total. The molecule has 2 aromatic rings. The number of benzene rings is 1. The summed E-state index contributed by atoms with van der Waals surface area (Å²) in [7, 11) is 0. The first-order chi connectivity index (χ1) is 9.88. The number of rotatable bonds is 3. The molecule has 0 saturated heterocycles. The number of aromatic nitrogens is 1. The van der Waals surface area contributed by atoms with Crippen LogP contribution in [-0.4, -0.2) is 15.8 Å². The third kappa shape index (κ3) is 3.60. The van der Waals surface area contributed by atoms with Crippen molar-refractivity contribution in [2.75, 3.05) is 5.32 Å². The van der Waals surface area contributed by atoms with Crippen LogP contribution in [0.2, 0.25) is 15.2 Å². The van der Waals surface area contributed by atoms with Gasteiger partial charge in [0.2, 0.25) is 5.15 Å². The van der Waals surface area contributed by atoms with Gasteiger partial charge in [0.25, 0.3) is 5.91 Å². The van der Waals surface area contributed by atoms with Crippen molar-refractivity contribution < 1.29 is 9.72 Å². The van der Waals surface area contributed by atoms with E-state index in [1.54, 1.807) is 0 Å². The number of halogens is 3. The van der Waals surface area contributed by atoms with Gasteiger partial charge in [0.15, 0.2) is 0 Å². The van der Waals surface area contributed by atoms with Crippen LogP contribution in [0.1, 0.15) is 10.4 Å². The van der Waals surface area contributed by atoms with Crippen LogP contribution >= 0.6 is 34.8 Å². The summed E-state index contributed by atoms with van der Waals surface area (Å²) >= 11 is 17.3. The SMILES string of the molecule is O=C(Nc1cc(Cl)cc(Cl)c1)c1ccnc(Cl)c1[N+](=O)[O-]. The van der Waals surface area contributed by atoms with Gasteiger partial charge < -0.3 is 5.32 Å². The Hall–Kier alpha value is -1.89. The Morgan fingerprint density at radius 3 is 2.38 bits per heavy atom. The Morgan fingerprint density at radius 1 is 1.19 bits per heavy atom. The van der Waals surface area contributed by atoms with E-state index >= 15 is 0 Å². The van der Waals surface area contributed by atoms with E-state index in [0.29, 0.717) is 15.7 Å². The first kappa shape index (κ1) is 15.5. The maximum atomic E-state index is 12.1. The Kier molecular flexibility index (Phi) is 4.62. The normalized spacial score (nSPS) is 10.2. The molecule has 1 heterocycles. The van der Waals surface area contributed by atoms with Gasteiger partial charge >= 0.3 is 5.69 Å². The van der Waals surface area contributed by atoms with Gasteiger partial charge in [0.1, 0.15) is 5.56 Å². The highest BCUT2D eigenvalue weighted by Crippen LogP contribution is 2.28. The molecular formula is C12H6Cl3N3O3. The van der Waals surface area contributed by atoms with Crippen molar-refractivity contribution in [1.29, 1.82) is 0 Å². The number of hydrogen-bond donors (Lipinski definition) is 1. The van der Waals surface area contributed by atoms with Crippen molar-refractivity contribution in [2.24, 2.45) is 0 Å². The lowest BCUT2D eigenvalue weighted by atomic mass is 10.2. The van der Waals surface area contributed by atoms with Gasteiger partial charge in [-0.15, -0.1) is 0 Å². The fourth-order valence-electron chi connectivity index (χ4n) is 1.61. The van der Waals surface area contributed by atoms with Gasteiger partial charge in [0, 0.05) is 21.9 Å². The van der Waals surface area contributed by atoms with Crippen LogP contribution in [0.3, 0.4) is 0 Å². The molecule has 0 radical (unpaired) electrons. The topological polar surface area (TPSA) is 85.1 Å². The fourth-order valence-corrected chi connectivity index (χ4v) is 2.36. The minimum absolute atomic E-state index is 0.212. The molecule has 0 unspecified atom stereocenters. The summed E-state index contributed by atoms with van der Waals surface area (Å²) in [4.78, 5) is 25.9. The van der Waals surface area contributed by atoms with Crippen molar-refractivity contribution in [3.05, 3.63) is 61.3 Å². The van der Waals surface area contributed by atoms with Gasteiger partial charge in [-0.2, -0.15) is 0 Å². The molecule has 0 spiro atoms. The molecule has 21 heavy (non-hydrogen) atoms. The van der Waals surface area contributed by atoms with Gasteiger partial charge in [-0.1, -0.05) is 34.8 Å². The van der Waals surface area contributed by atoms with Gasteiger partial charge in [-0.05, 0) is 24.3 Å². The Balaban J connectivity index is 2.37. The molecule has 0 aliphatic rings. The third-order valence-corrected chi connectivity index (χ3v) is 3.14. The Bertz CT molecular complexity index is 717. The van der Waals surface area contributed by atoms with Crippen molar-refractivity contribution in [3.63, 3.8) is 0 Å². The molecule has 1 aromatic heterocycles. The third-order valence-electron chi connectivity index (χ3n) is 2.43. The minimum atomic E-state index is -0.769. The van der Waals surface area contributed by atoms with E-state index in [0.717, 1.165) is 0 Å². The summed E-state index contributed by atoms with van der Waals surface area (Å²) in [6.45, 7) is 0. The quantitative estimate of drug-likeness (QED) is 0.512. The zero-order valence-corrected chi connectivity index (χ0v) is 12.4. The van der Waals surface area contributed by atoms with Crippen LogP contribution in [0.15, 0.2) is 30.5 Å². The maximum absolute atomic E-state index is 12.1. The minimum Gasteiger partial charge on any atom is -0.322 e. The number of pyridine rings is 1. The molecular weight excluding hydrogens is 341 g/mol. The molecule has 1 N–H and O–H groups in total. The number of nitrogens with zero attached hydrogens (tertiary/aromatic N) is 2. The number of carbonyl (C=O) groups is 1. The molecule has 108 valence electrons. The maximum Gasteiger partial charge on any atom is 0.319 e. The molecule has 0 bridgehead atoms. The van der Waals surface area contributed by atoms with E-state index < -0.39 is 16.5 Å². The molecule has 0 aliphatic heterocycles. The van der Waals surface area contributed by atoms with Crippen LogP contribution in [-0.2, 0) is 0 Å². The summed E-state index contributed by atoms with van der Waals surface area (Å²) in [6.07, 6.45) is 1.20. The lowest BCUT2D eigenvalue weighted by Crippen LogP contribution is -2.14. The zero-order valence-electron chi connectivity index (χ0n) is 10.1. The number of nitro groups is 1. The van der Waals surface area contributed by atoms with Gasteiger partial charge in [0.05, 0.1) is 4.92 Å². The first-order valence-corrected chi connectivity index (χ1v) is 6.58. The number of amides is 1. The summed E-state index contributed by atoms with van der Waals surface area (Å²) in [6, 6.07) is 5.61. The number of carbonyl (C=O) groups excluding carboxylic acids is 1. The highest BCUT2D eigenvalue weighted by atomic mass is 35.5. The molecule has 1 aromatic carbocycles. The highest BCUT2D eigenvalue weighted by Gasteiger charge is 2.24. The molecule has 9 heteroatoms. The molecule has 2 rings (SSSR count). The number of anilines is 1. The Labute approximate surface area is 133 Å². The van der Waals surface area contributed by atoms with Crippen LogP contribution in [0, 0.1) is 10.1 Å². The second kappa shape index (κ2) is 6.26. The van der Waals surface area contributed by atoms with E-state index in [9.17, 15) is 14.9 Å². The van der Waals surface area contributed by atoms with E-state index in [1.807, 2.05) is 0 Å². The summed E-state index contributed by atoms with van der Waals surface area (Å²) in [5, 5.41) is 13.7. The summed E-state index contributed by atoms with van der Waals surface area (Å²) < 4.78 is 0. The average molecular weight is 347 g/mol. The van der Waals surface area contributed by atoms with Crippen LogP contribution in [0.5, 0.6) is 0 Å². The monoisotopic (exact) mass is 345 g/mol. The lowest BCUT2D eigenvalue weighted by molar-refractivity contribution is -0.385. The van der Waals surface area contributed by atoms with E-state index in [-0.39, 0.29) is 10.7 Å². The van der Waals surface area contributed by atoms with Crippen molar-refractivity contribution in [2.45, 2.75) is 0 Å². The van der Waals surface area contributed by atoms with Crippen LogP contribution in [0.4, 0.5) is 11.4 Å². The van der Waals surface area contributed by atoms with E-state index in [2.05, 4.69) is 10.3 Å². The first-order valence-electron chi connectivity index (χ1n) is 5.45. The average Bonchev–Trinajstić information content (AvgIpc) is 2.36. The van der Waals surface area contributed by atoms with E-state index in [4.69, 9.17) is 34.8 Å². The van der Waals surface area contributed by atoms with Gasteiger partial charge in [-0.25, -0.2) is 4.98 Å². The van der Waals surface area contributed by atoms with Crippen LogP contribution in [0.25, 0.3) is 0 Å². The predicted octanol–water partition coefficient (Wildman–Crippen LogP) is 4.20. The fraction of sp³-hybridized carbons (Fsp3) is 0. The molecule has 1 amide bonds. The molecule has 0 fully saturated rings. The summed E-state index contributed by atoms with van der Waals surface area (Å²) in [5.74, 6) is -0.718. The smallest absolute Gasteiger partial charge is 0.319 e. The van der Waals surface area contributed by atoms with E-state index in [1.165, 1.54) is 30.5 Å². The largest absolute Gasteiger partial charge is 0.322 e. The highest BCUT2D eigenvalue weighted by molar-refractivity contribution is 6.35. The van der Waals surface area contributed by atoms with Crippen molar-refractivity contribution in [1.82, 2.24) is 4.98 Å². The second-order valence-electron chi connectivity index (χ2n) is 3.87. The van der Waals surface area contributed by atoms with Crippen molar-refractivity contribution in [3.8, 4) is 0 Å². The molecule has 0 saturated carbocycles. The zero-order chi connectivity index (χ0) is 15.6. The standard InChI is InChI=1S/C12H6Cl3N3O3/c13-6-3-7(14)5-8(4-6)17-12(19)9-1-2-16-11(15)10(9)18(20)21/h1-5H,(H,17,19). The van der Waals surface area contributed by atoms with Gasteiger partial charge in [-0.3, -0.25) is 14.9 Å². The Morgan fingerprint density at radius 2 is 1.81 bits per heavy atom. The van der Waals surface area contributed by atoms with Crippen molar-refractivity contribution >= 4 is 52.1 Å². The summed E-state index contributed by atoms with van der Waals surface area (Å²) in [5.41, 5.74) is -0.472. The second-order valence-corrected chi connectivity index (χ2v) is 5.10. The van der Waals surface area contributed by atoms with Crippen LogP contribution < -0.4 is 5.32 Å².